The summed E-state index contributed by atoms with van der Waals surface area (Å²) >= 11 is 0. The summed E-state index contributed by atoms with van der Waals surface area (Å²) in [5.41, 5.74) is 4.43. The van der Waals surface area contributed by atoms with Gasteiger partial charge in [-0.1, -0.05) is 77.9 Å². The summed E-state index contributed by atoms with van der Waals surface area (Å²) in [5.74, 6) is 0.00697. The van der Waals surface area contributed by atoms with Crippen LogP contribution in [0.1, 0.15) is 68.6 Å². The molecule has 0 unspecified atom stereocenters. The highest BCUT2D eigenvalue weighted by molar-refractivity contribution is 5.94. The topological polar surface area (TPSA) is 29.1 Å². The number of carbonyl (C=O) groups is 1. The smallest absolute Gasteiger partial charge is 0.251 e. The predicted octanol–water partition coefficient (Wildman–Crippen LogP) is 5.25. The first kappa shape index (κ1) is 19.2. The van der Waals surface area contributed by atoms with Crippen molar-refractivity contribution in [3.05, 3.63) is 70.8 Å². The molecular formula is C23H31NO. The molecular weight excluding hydrogens is 306 g/mol. The molecule has 2 aromatic carbocycles. The molecule has 0 saturated heterocycles. The van der Waals surface area contributed by atoms with Crippen LogP contribution in [-0.2, 0) is 17.3 Å². The van der Waals surface area contributed by atoms with Crippen molar-refractivity contribution in [2.24, 2.45) is 0 Å². The van der Waals surface area contributed by atoms with Crippen molar-refractivity contribution >= 4 is 5.91 Å². The van der Waals surface area contributed by atoms with Crippen LogP contribution in [0.15, 0.2) is 48.5 Å². The third-order valence-electron chi connectivity index (χ3n) is 4.47. The van der Waals surface area contributed by atoms with Gasteiger partial charge in [0.1, 0.15) is 0 Å². The molecule has 25 heavy (non-hydrogen) atoms. The Morgan fingerprint density at radius 2 is 1.36 bits per heavy atom. The third kappa shape index (κ3) is 5.45. The first-order chi connectivity index (χ1) is 11.6. The molecule has 1 amide bonds. The number of carbonyl (C=O) groups excluding carboxylic acids is 1. The Morgan fingerprint density at radius 3 is 1.84 bits per heavy atom. The maximum atomic E-state index is 12.7. The Balaban J connectivity index is 2.17. The van der Waals surface area contributed by atoms with Gasteiger partial charge in [0.25, 0.3) is 5.91 Å². The van der Waals surface area contributed by atoms with Gasteiger partial charge in [-0.05, 0) is 46.1 Å². The second-order valence-corrected chi connectivity index (χ2v) is 8.79. The van der Waals surface area contributed by atoms with Crippen molar-refractivity contribution in [1.82, 2.24) is 5.32 Å². The number of nitrogens with one attached hydrogen (secondary N) is 1. The summed E-state index contributed by atoms with van der Waals surface area (Å²) in [5, 5.41) is 3.07. The fourth-order valence-corrected chi connectivity index (χ4v) is 2.69. The Bertz CT molecular complexity index is 686. The molecule has 134 valence electrons. The van der Waals surface area contributed by atoms with Gasteiger partial charge in [-0.2, -0.15) is 0 Å². The zero-order chi connectivity index (χ0) is 18.7. The molecule has 0 aliphatic rings. The average Bonchev–Trinajstić information content (AvgIpc) is 2.53. The largest absolute Gasteiger partial charge is 0.352 e. The molecule has 1 N–H and O–H groups in total. The SMILES string of the molecule is CC(C)(C)c1cc(C(=O)NCCc2ccccc2)cc(C(C)(C)C)c1. The minimum atomic E-state index is 0.00697. The highest BCUT2D eigenvalue weighted by Crippen LogP contribution is 2.30. The molecule has 0 spiro atoms. The van der Waals surface area contributed by atoms with Gasteiger partial charge in [0.05, 0.1) is 0 Å². The zero-order valence-electron chi connectivity index (χ0n) is 16.4. The standard InChI is InChI=1S/C23H31NO/c1-22(2,3)19-14-18(15-20(16-19)23(4,5)6)21(25)24-13-12-17-10-8-7-9-11-17/h7-11,14-16H,12-13H2,1-6H3,(H,24,25). The van der Waals surface area contributed by atoms with Crippen LogP contribution in [0, 0.1) is 0 Å². The summed E-state index contributed by atoms with van der Waals surface area (Å²) in [6, 6.07) is 16.5. The maximum absolute atomic E-state index is 12.7. The first-order valence-electron chi connectivity index (χ1n) is 9.05. The van der Waals surface area contributed by atoms with Gasteiger partial charge in [0, 0.05) is 12.1 Å². The van der Waals surface area contributed by atoms with Crippen molar-refractivity contribution in [3.8, 4) is 0 Å². The maximum Gasteiger partial charge on any atom is 0.251 e. The molecule has 2 aromatic rings. The van der Waals surface area contributed by atoms with E-state index in [9.17, 15) is 4.79 Å². The van der Waals surface area contributed by atoms with E-state index in [1.807, 2.05) is 30.3 Å². The number of hydrogen-bond donors (Lipinski definition) is 1. The molecule has 0 aliphatic heterocycles. The van der Waals surface area contributed by atoms with Crippen molar-refractivity contribution < 1.29 is 4.79 Å². The van der Waals surface area contributed by atoms with Gasteiger partial charge in [-0.15, -0.1) is 0 Å². The van der Waals surface area contributed by atoms with Crippen LogP contribution >= 0.6 is 0 Å². The van der Waals surface area contributed by atoms with Gasteiger partial charge in [-0.25, -0.2) is 0 Å². The highest BCUT2D eigenvalue weighted by Gasteiger charge is 2.22. The van der Waals surface area contributed by atoms with E-state index in [1.165, 1.54) is 16.7 Å². The summed E-state index contributed by atoms with van der Waals surface area (Å²) in [7, 11) is 0. The van der Waals surface area contributed by atoms with E-state index >= 15 is 0 Å². The van der Waals surface area contributed by atoms with Gasteiger partial charge in [0.2, 0.25) is 0 Å². The molecule has 0 aliphatic carbocycles. The van der Waals surface area contributed by atoms with Crippen LogP contribution in [0.2, 0.25) is 0 Å². The van der Waals surface area contributed by atoms with Gasteiger partial charge >= 0.3 is 0 Å². The minimum Gasteiger partial charge on any atom is -0.352 e. The lowest BCUT2D eigenvalue weighted by molar-refractivity contribution is 0.0954. The molecule has 0 saturated carbocycles. The molecule has 0 heterocycles. The number of amides is 1. The molecule has 0 radical (unpaired) electrons. The molecule has 0 fully saturated rings. The highest BCUT2D eigenvalue weighted by atomic mass is 16.1. The van der Waals surface area contributed by atoms with Crippen LogP contribution in [0.3, 0.4) is 0 Å². The second-order valence-electron chi connectivity index (χ2n) is 8.79. The Kier molecular flexibility index (Phi) is 5.72. The quantitative estimate of drug-likeness (QED) is 0.810. The minimum absolute atomic E-state index is 0.00697. The van der Waals surface area contributed by atoms with E-state index in [0.29, 0.717) is 6.54 Å². The van der Waals surface area contributed by atoms with E-state index in [2.05, 4.69) is 65.1 Å². The Morgan fingerprint density at radius 1 is 0.840 bits per heavy atom. The van der Waals surface area contributed by atoms with E-state index in [4.69, 9.17) is 0 Å². The number of benzene rings is 2. The van der Waals surface area contributed by atoms with Crippen LogP contribution in [-0.4, -0.2) is 12.5 Å². The van der Waals surface area contributed by atoms with Crippen LogP contribution < -0.4 is 5.32 Å². The summed E-state index contributed by atoms with van der Waals surface area (Å²) in [6.07, 6.45) is 0.845. The third-order valence-corrected chi connectivity index (χ3v) is 4.47. The fourth-order valence-electron chi connectivity index (χ4n) is 2.69. The van der Waals surface area contributed by atoms with E-state index in [1.54, 1.807) is 0 Å². The van der Waals surface area contributed by atoms with E-state index in [0.717, 1.165) is 12.0 Å². The summed E-state index contributed by atoms with van der Waals surface area (Å²) < 4.78 is 0. The Labute approximate surface area is 152 Å². The second kappa shape index (κ2) is 7.43. The molecule has 2 heteroatoms. The van der Waals surface area contributed by atoms with Crippen LogP contribution in [0.5, 0.6) is 0 Å². The van der Waals surface area contributed by atoms with Crippen LogP contribution in [0.4, 0.5) is 0 Å². The van der Waals surface area contributed by atoms with Crippen molar-refractivity contribution in [3.63, 3.8) is 0 Å². The zero-order valence-corrected chi connectivity index (χ0v) is 16.4. The predicted molar refractivity (Wildman–Crippen MR) is 106 cm³/mol. The van der Waals surface area contributed by atoms with Crippen molar-refractivity contribution in [2.45, 2.75) is 58.8 Å². The molecule has 0 aromatic heterocycles. The number of hydrogen-bond acceptors (Lipinski definition) is 1. The van der Waals surface area contributed by atoms with E-state index < -0.39 is 0 Å². The average molecular weight is 338 g/mol. The monoisotopic (exact) mass is 337 g/mol. The lowest BCUT2D eigenvalue weighted by Gasteiger charge is -2.26. The lowest BCUT2D eigenvalue weighted by Crippen LogP contribution is -2.27. The van der Waals surface area contributed by atoms with Crippen LogP contribution in [0.25, 0.3) is 0 Å². The first-order valence-corrected chi connectivity index (χ1v) is 9.05. The number of rotatable bonds is 4. The fraction of sp³-hybridized carbons (Fsp3) is 0.435. The van der Waals surface area contributed by atoms with Crippen molar-refractivity contribution in [2.75, 3.05) is 6.54 Å². The molecule has 2 nitrogen and oxygen atoms in total. The van der Waals surface area contributed by atoms with Gasteiger partial charge in [0.15, 0.2) is 0 Å². The van der Waals surface area contributed by atoms with Gasteiger partial charge < -0.3 is 5.32 Å². The summed E-state index contributed by atoms with van der Waals surface area (Å²) in [6.45, 7) is 13.8. The molecule has 0 bridgehead atoms. The molecule has 2 rings (SSSR count). The lowest BCUT2D eigenvalue weighted by atomic mass is 9.79. The van der Waals surface area contributed by atoms with E-state index in [-0.39, 0.29) is 16.7 Å². The summed E-state index contributed by atoms with van der Waals surface area (Å²) in [4.78, 5) is 12.7. The van der Waals surface area contributed by atoms with Gasteiger partial charge in [-0.3, -0.25) is 4.79 Å². The van der Waals surface area contributed by atoms with Crippen molar-refractivity contribution in [1.29, 1.82) is 0 Å². The normalized spacial score (nSPS) is 12.1. The molecule has 0 atom stereocenters. The Hall–Kier alpha value is -2.09.